The van der Waals surface area contributed by atoms with E-state index in [2.05, 4.69) is 15.2 Å². The van der Waals surface area contributed by atoms with Crippen LogP contribution in [0.15, 0.2) is 36.7 Å². The number of aromatic nitrogens is 1. The van der Waals surface area contributed by atoms with Gasteiger partial charge in [-0.05, 0) is 24.9 Å². The number of benzene rings is 1. The first-order chi connectivity index (χ1) is 9.84. The molecule has 1 aliphatic rings. The Morgan fingerprint density at radius 1 is 1.20 bits per heavy atom. The zero-order valence-electron chi connectivity index (χ0n) is 11.5. The van der Waals surface area contributed by atoms with Crippen molar-refractivity contribution in [3.63, 3.8) is 0 Å². The highest BCUT2D eigenvalue weighted by atomic mass is 16.1. The largest absolute Gasteiger partial charge is 0.315 e. The van der Waals surface area contributed by atoms with Gasteiger partial charge in [-0.25, -0.2) is 0 Å². The summed E-state index contributed by atoms with van der Waals surface area (Å²) in [5.41, 5.74) is 0.736. The minimum Gasteiger partial charge on any atom is -0.315 e. The van der Waals surface area contributed by atoms with Crippen molar-refractivity contribution >= 4 is 16.6 Å². The lowest BCUT2D eigenvalue weighted by atomic mass is 10.0. The molecule has 0 atom stereocenters. The minimum absolute atomic E-state index is 0.163. The maximum Gasteiger partial charge on any atom is 0.178 e. The van der Waals surface area contributed by atoms with E-state index in [9.17, 15) is 4.79 Å². The Hall–Kier alpha value is -1.78. The molecule has 0 amide bonds. The number of rotatable bonds is 3. The normalized spacial score (nSPS) is 17.0. The fraction of sp³-hybridized carbons (Fsp3) is 0.375. The van der Waals surface area contributed by atoms with Crippen molar-refractivity contribution in [3.05, 3.63) is 42.2 Å². The van der Waals surface area contributed by atoms with E-state index in [0.717, 1.165) is 48.9 Å². The molecule has 2 aromatic rings. The third-order valence-corrected chi connectivity index (χ3v) is 3.77. The van der Waals surface area contributed by atoms with Gasteiger partial charge in [-0.15, -0.1) is 0 Å². The molecular weight excluding hydrogens is 250 g/mol. The first kappa shape index (κ1) is 13.2. The van der Waals surface area contributed by atoms with Gasteiger partial charge in [-0.3, -0.25) is 14.7 Å². The summed E-state index contributed by atoms with van der Waals surface area (Å²) in [7, 11) is 0. The van der Waals surface area contributed by atoms with Crippen molar-refractivity contribution < 1.29 is 4.79 Å². The van der Waals surface area contributed by atoms with Crippen LogP contribution in [0.25, 0.3) is 10.8 Å². The molecular formula is C16H19N3O. The van der Waals surface area contributed by atoms with Crippen molar-refractivity contribution in [2.24, 2.45) is 0 Å². The zero-order valence-corrected chi connectivity index (χ0v) is 11.5. The molecule has 0 spiro atoms. The lowest BCUT2D eigenvalue weighted by Crippen LogP contribution is -2.33. The number of pyridine rings is 1. The fourth-order valence-corrected chi connectivity index (χ4v) is 2.69. The van der Waals surface area contributed by atoms with E-state index in [4.69, 9.17) is 0 Å². The van der Waals surface area contributed by atoms with E-state index < -0.39 is 0 Å². The van der Waals surface area contributed by atoms with Crippen LogP contribution in [0, 0.1) is 0 Å². The highest BCUT2D eigenvalue weighted by Gasteiger charge is 2.16. The van der Waals surface area contributed by atoms with Gasteiger partial charge in [0.05, 0.1) is 6.54 Å². The van der Waals surface area contributed by atoms with Crippen LogP contribution >= 0.6 is 0 Å². The predicted octanol–water partition coefficient (Wildman–Crippen LogP) is 1.71. The number of hydrogen-bond acceptors (Lipinski definition) is 4. The summed E-state index contributed by atoms with van der Waals surface area (Å²) >= 11 is 0. The molecule has 1 aromatic carbocycles. The molecule has 2 heterocycles. The van der Waals surface area contributed by atoms with Crippen molar-refractivity contribution in [2.75, 3.05) is 32.7 Å². The molecule has 1 aliphatic heterocycles. The van der Waals surface area contributed by atoms with Crippen LogP contribution in [0.1, 0.15) is 16.8 Å². The lowest BCUT2D eigenvalue weighted by molar-refractivity contribution is 0.0936. The molecule has 20 heavy (non-hydrogen) atoms. The van der Waals surface area contributed by atoms with E-state index in [0.29, 0.717) is 6.54 Å². The summed E-state index contributed by atoms with van der Waals surface area (Å²) in [6, 6.07) is 7.93. The monoisotopic (exact) mass is 269 g/mol. The molecule has 1 saturated heterocycles. The number of nitrogens with one attached hydrogen (secondary N) is 1. The summed E-state index contributed by atoms with van der Waals surface area (Å²) in [5, 5.41) is 5.38. The van der Waals surface area contributed by atoms with Crippen LogP contribution < -0.4 is 5.32 Å². The van der Waals surface area contributed by atoms with Gasteiger partial charge in [0.1, 0.15) is 0 Å². The molecule has 0 unspecified atom stereocenters. The molecule has 0 bridgehead atoms. The summed E-state index contributed by atoms with van der Waals surface area (Å²) in [4.78, 5) is 19.0. The van der Waals surface area contributed by atoms with Gasteiger partial charge in [-0.2, -0.15) is 0 Å². The third-order valence-electron chi connectivity index (χ3n) is 3.77. The second-order valence-electron chi connectivity index (χ2n) is 5.21. The third kappa shape index (κ3) is 2.86. The summed E-state index contributed by atoms with van der Waals surface area (Å²) < 4.78 is 0. The zero-order chi connectivity index (χ0) is 13.8. The Morgan fingerprint density at radius 2 is 2.10 bits per heavy atom. The van der Waals surface area contributed by atoms with E-state index in [1.54, 1.807) is 6.20 Å². The van der Waals surface area contributed by atoms with Crippen LogP contribution in [-0.2, 0) is 0 Å². The average molecular weight is 269 g/mol. The molecule has 0 aliphatic carbocycles. The SMILES string of the molecule is O=C(CN1CCCNCC1)c1cncc2ccccc12. The number of Topliss-reactive ketones (excluding diaryl/α,β-unsaturated/α-hetero) is 1. The number of carbonyl (C=O) groups is 1. The van der Waals surface area contributed by atoms with Crippen LogP contribution in [0.3, 0.4) is 0 Å². The smallest absolute Gasteiger partial charge is 0.178 e. The first-order valence-corrected chi connectivity index (χ1v) is 7.13. The van der Waals surface area contributed by atoms with Gasteiger partial charge in [0.2, 0.25) is 0 Å². The molecule has 104 valence electrons. The maximum absolute atomic E-state index is 12.5. The van der Waals surface area contributed by atoms with Gasteiger partial charge >= 0.3 is 0 Å². The number of ketones is 1. The van der Waals surface area contributed by atoms with E-state index in [1.807, 2.05) is 30.5 Å². The molecule has 1 aromatic heterocycles. The van der Waals surface area contributed by atoms with E-state index in [1.165, 1.54) is 0 Å². The van der Waals surface area contributed by atoms with Crippen LogP contribution in [0.4, 0.5) is 0 Å². The van der Waals surface area contributed by atoms with Gasteiger partial charge in [0, 0.05) is 36.4 Å². The van der Waals surface area contributed by atoms with Crippen molar-refractivity contribution in [1.82, 2.24) is 15.2 Å². The number of hydrogen-bond donors (Lipinski definition) is 1. The van der Waals surface area contributed by atoms with Crippen LogP contribution in [-0.4, -0.2) is 48.4 Å². The van der Waals surface area contributed by atoms with Crippen LogP contribution in [0.5, 0.6) is 0 Å². The van der Waals surface area contributed by atoms with E-state index in [-0.39, 0.29) is 5.78 Å². The molecule has 0 radical (unpaired) electrons. The lowest BCUT2D eigenvalue weighted by Gasteiger charge is -2.18. The molecule has 1 N–H and O–H groups in total. The second-order valence-corrected chi connectivity index (χ2v) is 5.21. The van der Waals surface area contributed by atoms with Crippen molar-refractivity contribution in [1.29, 1.82) is 0 Å². The average Bonchev–Trinajstić information content (AvgIpc) is 2.75. The fourth-order valence-electron chi connectivity index (χ4n) is 2.69. The Morgan fingerprint density at radius 3 is 3.05 bits per heavy atom. The first-order valence-electron chi connectivity index (χ1n) is 7.13. The van der Waals surface area contributed by atoms with Gasteiger partial charge in [0.15, 0.2) is 5.78 Å². The maximum atomic E-state index is 12.5. The topological polar surface area (TPSA) is 45.2 Å². The predicted molar refractivity (Wildman–Crippen MR) is 80.0 cm³/mol. The molecule has 3 rings (SSSR count). The van der Waals surface area contributed by atoms with Gasteiger partial charge in [-0.1, -0.05) is 24.3 Å². The minimum atomic E-state index is 0.163. The van der Waals surface area contributed by atoms with Crippen molar-refractivity contribution in [2.45, 2.75) is 6.42 Å². The summed E-state index contributed by atoms with van der Waals surface area (Å²) in [6.45, 7) is 4.40. The molecule has 0 saturated carbocycles. The molecule has 1 fully saturated rings. The molecule has 4 nitrogen and oxygen atoms in total. The highest BCUT2D eigenvalue weighted by molar-refractivity contribution is 6.08. The Kier molecular flexibility index (Phi) is 4.04. The number of fused-ring (bicyclic) bond motifs is 1. The standard InChI is InChI=1S/C16H19N3O/c20-16(12-19-8-3-6-17-7-9-19)15-11-18-10-13-4-1-2-5-14(13)15/h1-2,4-5,10-11,17H,3,6-9,12H2. The van der Waals surface area contributed by atoms with Crippen molar-refractivity contribution in [3.8, 4) is 0 Å². The Labute approximate surface area is 118 Å². The van der Waals surface area contributed by atoms with Crippen LogP contribution in [0.2, 0.25) is 0 Å². The second kappa shape index (κ2) is 6.11. The number of carbonyl (C=O) groups excluding carboxylic acids is 1. The summed E-state index contributed by atoms with van der Waals surface area (Å²) in [6.07, 6.45) is 4.60. The van der Waals surface area contributed by atoms with E-state index >= 15 is 0 Å². The summed E-state index contributed by atoms with van der Waals surface area (Å²) in [5.74, 6) is 0.163. The molecule has 4 heteroatoms. The van der Waals surface area contributed by atoms with Gasteiger partial charge < -0.3 is 5.32 Å². The quantitative estimate of drug-likeness (QED) is 0.862. The Balaban J connectivity index is 1.81. The Bertz CT molecular complexity index is 598. The highest BCUT2D eigenvalue weighted by Crippen LogP contribution is 2.17. The number of nitrogens with zero attached hydrogens (tertiary/aromatic N) is 2. The van der Waals surface area contributed by atoms with Gasteiger partial charge in [0.25, 0.3) is 0 Å².